The molecule has 1 aliphatic rings. The third-order valence-corrected chi connectivity index (χ3v) is 7.28. The number of aryl methyl sites for hydroxylation is 2. The van der Waals surface area contributed by atoms with Crippen molar-refractivity contribution in [2.24, 2.45) is 5.92 Å². The van der Waals surface area contributed by atoms with Crippen molar-refractivity contribution in [2.45, 2.75) is 72.1 Å². The van der Waals surface area contributed by atoms with E-state index in [0.29, 0.717) is 0 Å². The number of hydrogen-bond acceptors (Lipinski definition) is 1. The van der Waals surface area contributed by atoms with E-state index in [9.17, 15) is 0 Å². The molecule has 0 amide bonds. The Bertz CT molecular complexity index is 1300. The van der Waals surface area contributed by atoms with Crippen LogP contribution in [0, 0.1) is 19.8 Å². The fraction of sp³-hybridized carbons (Fsp3) is 0.387. The molecule has 1 heteroatoms. The Kier molecular flexibility index (Phi) is 5.32. The lowest BCUT2D eigenvalue weighted by atomic mass is 9.82. The lowest BCUT2D eigenvalue weighted by Crippen LogP contribution is -2.12. The molecule has 0 spiro atoms. The lowest BCUT2D eigenvalue weighted by molar-refractivity contribution is 0.548. The van der Waals surface area contributed by atoms with Gasteiger partial charge in [-0.3, -0.25) is 0 Å². The molecule has 0 radical (unpaired) electrons. The molecule has 4 aromatic rings. The maximum Gasteiger partial charge on any atom is 0.0717 e. The van der Waals surface area contributed by atoms with Crippen molar-refractivity contribution in [3.63, 3.8) is 0 Å². The quantitative estimate of drug-likeness (QED) is 0.322. The van der Waals surface area contributed by atoms with E-state index in [-0.39, 0.29) is 5.41 Å². The fourth-order valence-corrected chi connectivity index (χ4v) is 5.76. The summed E-state index contributed by atoms with van der Waals surface area (Å²) in [6, 6.07) is 20.5. The molecule has 1 nitrogen and oxygen atoms in total. The van der Waals surface area contributed by atoms with Crippen molar-refractivity contribution in [1.29, 1.82) is 0 Å². The van der Waals surface area contributed by atoms with Gasteiger partial charge in [-0.15, -0.1) is 0 Å². The molecule has 0 N–H and O–H groups in total. The van der Waals surface area contributed by atoms with Crippen LogP contribution >= 0.6 is 0 Å². The van der Waals surface area contributed by atoms with Crippen LogP contribution in [0.4, 0.5) is 0 Å². The SMILES string of the molecule is Cc1cc(C)c2c(CC3CCCC3)cc(-c3cc(C(C)(C)C)c4ccccc4c3)nc2c1. The highest BCUT2D eigenvalue weighted by Gasteiger charge is 2.21. The van der Waals surface area contributed by atoms with Crippen molar-refractivity contribution < 1.29 is 0 Å². The van der Waals surface area contributed by atoms with Crippen LogP contribution in [0.1, 0.15) is 68.7 Å². The summed E-state index contributed by atoms with van der Waals surface area (Å²) in [6.07, 6.45) is 6.69. The van der Waals surface area contributed by atoms with E-state index >= 15 is 0 Å². The maximum atomic E-state index is 5.23. The minimum atomic E-state index is 0.0757. The van der Waals surface area contributed by atoms with Crippen molar-refractivity contribution in [1.82, 2.24) is 4.98 Å². The summed E-state index contributed by atoms with van der Waals surface area (Å²) >= 11 is 0. The molecule has 0 unspecified atom stereocenters. The molecule has 3 aromatic carbocycles. The first-order valence-corrected chi connectivity index (χ1v) is 12.2. The van der Waals surface area contributed by atoms with Gasteiger partial charge in [-0.2, -0.15) is 0 Å². The average molecular weight is 422 g/mol. The third-order valence-electron chi connectivity index (χ3n) is 7.28. The summed E-state index contributed by atoms with van der Waals surface area (Å²) < 4.78 is 0. The van der Waals surface area contributed by atoms with Gasteiger partial charge in [-0.1, -0.05) is 76.8 Å². The van der Waals surface area contributed by atoms with E-state index in [4.69, 9.17) is 4.98 Å². The van der Waals surface area contributed by atoms with Crippen molar-refractivity contribution in [2.75, 3.05) is 0 Å². The van der Waals surface area contributed by atoms with Crippen molar-refractivity contribution in [3.8, 4) is 11.3 Å². The Labute approximate surface area is 192 Å². The summed E-state index contributed by atoms with van der Waals surface area (Å²) in [5.41, 5.74) is 9.12. The molecule has 164 valence electrons. The van der Waals surface area contributed by atoms with Gasteiger partial charge < -0.3 is 0 Å². The predicted octanol–water partition coefficient (Wildman–Crippen LogP) is 8.70. The van der Waals surface area contributed by atoms with Crippen LogP contribution in [0.2, 0.25) is 0 Å². The van der Waals surface area contributed by atoms with Crippen LogP contribution in [0.15, 0.2) is 54.6 Å². The van der Waals surface area contributed by atoms with E-state index in [0.717, 1.165) is 17.1 Å². The van der Waals surface area contributed by atoms with Gasteiger partial charge in [-0.05, 0) is 88.9 Å². The molecule has 1 aromatic heterocycles. The normalized spacial score (nSPS) is 15.2. The van der Waals surface area contributed by atoms with Gasteiger partial charge in [0.15, 0.2) is 0 Å². The van der Waals surface area contributed by atoms with E-state index in [1.807, 2.05) is 0 Å². The van der Waals surface area contributed by atoms with Crippen molar-refractivity contribution in [3.05, 3.63) is 76.9 Å². The predicted molar refractivity (Wildman–Crippen MR) is 139 cm³/mol. The van der Waals surface area contributed by atoms with Crippen molar-refractivity contribution >= 4 is 21.7 Å². The highest BCUT2D eigenvalue weighted by Crippen LogP contribution is 2.37. The molecule has 0 aliphatic heterocycles. The van der Waals surface area contributed by atoms with Gasteiger partial charge >= 0.3 is 0 Å². The number of hydrogen-bond donors (Lipinski definition) is 0. The summed E-state index contributed by atoms with van der Waals surface area (Å²) in [5, 5.41) is 4.03. The summed E-state index contributed by atoms with van der Waals surface area (Å²) in [6.45, 7) is 11.4. The van der Waals surface area contributed by atoms with Gasteiger partial charge in [0.1, 0.15) is 0 Å². The second-order valence-corrected chi connectivity index (χ2v) is 11.0. The number of aromatic nitrogens is 1. The molecule has 32 heavy (non-hydrogen) atoms. The molecule has 0 bridgehead atoms. The maximum absolute atomic E-state index is 5.23. The standard InChI is InChI=1S/C31H35N/c1-20-14-21(2)30-25(16-22-10-6-7-11-22)19-28(32-29(30)15-20)24-17-23-12-8-9-13-26(23)27(18-24)31(3,4)5/h8-9,12-15,17-19,22H,6-7,10-11,16H2,1-5H3. The number of rotatable bonds is 3. The van der Waals surface area contributed by atoms with Crippen LogP contribution in [0.25, 0.3) is 32.9 Å². The second kappa shape index (κ2) is 8.03. The van der Waals surface area contributed by atoms with Gasteiger partial charge in [0.2, 0.25) is 0 Å². The zero-order valence-corrected chi connectivity index (χ0v) is 20.3. The van der Waals surface area contributed by atoms with Gasteiger partial charge in [0.25, 0.3) is 0 Å². The molecular weight excluding hydrogens is 386 g/mol. The summed E-state index contributed by atoms with van der Waals surface area (Å²) in [4.78, 5) is 5.23. The Hall–Kier alpha value is -2.67. The van der Waals surface area contributed by atoms with Crippen LogP contribution < -0.4 is 0 Å². The first-order chi connectivity index (χ1) is 15.3. The molecule has 1 fully saturated rings. The Morgan fingerprint density at radius 2 is 1.66 bits per heavy atom. The largest absolute Gasteiger partial charge is 0.248 e. The summed E-state index contributed by atoms with van der Waals surface area (Å²) in [7, 11) is 0. The zero-order chi connectivity index (χ0) is 22.5. The van der Waals surface area contributed by atoms with E-state index in [1.165, 1.54) is 76.1 Å². The highest BCUT2D eigenvalue weighted by atomic mass is 14.7. The summed E-state index contributed by atoms with van der Waals surface area (Å²) in [5.74, 6) is 0.816. The number of benzene rings is 3. The van der Waals surface area contributed by atoms with Crippen LogP contribution in [0.3, 0.4) is 0 Å². The number of nitrogens with zero attached hydrogens (tertiary/aromatic N) is 1. The average Bonchev–Trinajstić information content (AvgIpc) is 3.24. The molecule has 0 saturated heterocycles. The molecule has 0 atom stereocenters. The van der Waals surface area contributed by atoms with Crippen LogP contribution in [-0.2, 0) is 11.8 Å². The Morgan fingerprint density at radius 3 is 2.41 bits per heavy atom. The molecule has 1 heterocycles. The van der Waals surface area contributed by atoms with E-state index in [1.54, 1.807) is 0 Å². The minimum absolute atomic E-state index is 0.0757. The van der Waals surface area contributed by atoms with Gasteiger partial charge in [0.05, 0.1) is 11.2 Å². The lowest BCUT2D eigenvalue weighted by Gasteiger charge is -2.23. The smallest absolute Gasteiger partial charge is 0.0717 e. The number of fused-ring (bicyclic) bond motifs is 2. The highest BCUT2D eigenvalue weighted by molar-refractivity contribution is 5.93. The van der Waals surface area contributed by atoms with Crippen LogP contribution in [0.5, 0.6) is 0 Å². The first-order valence-electron chi connectivity index (χ1n) is 12.2. The molecule has 5 rings (SSSR count). The Morgan fingerprint density at radius 1 is 0.906 bits per heavy atom. The molecule has 1 saturated carbocycles. The molecular formula is C31H35N. The second-order valence-electron chi connectivity index (χ2n) is 11.0. The minimum Gasteiger partial charge on any atom is -0.248 e. The third kappa shape index (κ3) is 3.94. The van der Waals surface area contributed by atoms with Gasteiger partial charge in [0, 0.05) is 10.9 Å². The topological polar surface area (TPSA) is 12.9 Å². The number of pyridine rings is 1. The van der Waals surface area contributed by atoms with Crippen LogP contribution in [-0.4, -0.2) is 4.98 Å². The first kappa shape index (κ1) is 21.2. The van der Waals surface area contributed by atoms with E-state index < -0.39 is 0 Å². The van der Waals surface area contributed by atoms with E-state index in [2.05, 4.69) is 89.2 Å². The van der Waals surface area contributed by atoms with Gasteiger partial charge in [-0.25, -0.2) is 4.98 Å². The monoisotopic (exact) mass is 421 g/mol. The Balaban J connectivity index is 1.74. The molecule has 1 aliphatic carbocycles. The zero-order valence-electron chi connectivity index (χ0n) is 20.3. The fourth-order valence-electron chi connectivity index (χ4n) is 5.76.